The van der Waals surface area contributed by atoms with Crippen molar-refractivity contribution in [2.24, 2.45) is 7.05 Å². The van der Waals surface area contributed by atoms with Crippen LogP contribution in [0.5, 0.6) is 5.75 Å². The lowest BCUT2D eigenvalue weighted by Gasteiger charge is -2.25. The number of likely N-dealkylation sites (tertiary alicyclic amines) is 1. The van der Waals surface area contributed by atoms with Gasteiger partial charge in [0.15, 0.2) is 0 Å². The number of aryl methyl sites for hydroxylation is 1. The van der Waals surface area contributed by atoms with Crippen molar-refractivity contribution >= 4 is 6.03 Å². The van der Waals surface area contributed by atoms with E-state index in [1.165, 1.54) is 0 Å². The summed E-state index contributed by atoms with van der Waals surface area (Å²) < 4.78 is 7.20. The number of rotatable bonds is 4. The lowest BCUT2D eigenvalue weighted by atomic mass is 10.0. The smallest absolute Gasteiger partial charge is 0.318 e. The van der Waals surface area contributed by atoms with Gasteiger partial charge in [-0.25, -0.2) is 9.78 Å². The first-order chi connectivity index (χ1) is 11.2. The molecule has 122 valence electrons. The fraction of sp³-hybridized carbons (Fsp3) is 0.412. The van der Waals surface area contributed by atoms with E-state index in [-0.39, 0.29) is 12.1 Å². The summed E-state index contributed by atoms with van der Waals surface area (Å²) in [4.78, 5) is 18.5. The van der Waals surface area contributed by atoms with Gasteiger partial charge in [0.2, 0.25) is 0 Å². The monoisotopic (exact) mass is 314 g/mol. The number of hydrogen-bond donors (Lipinski definition) is 1. The van der Waals surface area contributed by atoms with Crippen molar-refractivity contribution < 1.29 is 9.53 Å². The lowest BCUT2D eigenvalue weighted by molar-refractivity contribution is 0.192. The highest BCUT2D eigenvalue weighted by molar-refractivity contribution is 5.75. The van der Waals surface area contributed by atoms with Gasteiger partial charge in [0.1, 0.15) is 5.75 Å². The van der Waals surface area contributed by atoms with Gasteiger partial charge in [-0.3, -0.25) is 0 Å². The summed E-state index contributed by atoms with van der Waals surface area (Å²) in [6.45, 7) is 1.26. The number of ether oxygens (including phenoxy) is 1. The molecule has 1 saturated heterocycles. The van der Waals surface area contributed by atoms with Crippen molar-refractivity contribution in [2.75, 3.05) is 13.7 Å². The van der Waals surface area contributed by atoms with Gasteiger partial charge in [0.05, 0.1) is 31.7 Å². The van der Waals surface area contributed by atoms with Crippen molar-refractivity contribution in [3.05, 3.63) is 48.0 Å². The van der Waals surface area contributed by atoms with E-state index in [1.807, 2.05) is 34.7 Å². The fourth-order valence-corrected chi connectivity index (χ4v) is 3.03. The zero-order valence-electron chi connectivity index (χ0n) is 13.5. The first kappa shape index (κ1) is 15.4. The number of carbonyl (C=O) groups is 1. The number of aromatic nitrogens is 2. The first-order valence-electron chi connectivity index (χ1n) is 7.82. The van der Waals surface area contributed by atoms with Gasteiger partial charge < -0.3 is 19.5 Å². The topological polar surface area (TPSA) is 59.4 Å². The van der Waals surface area contributed by atoms with Crippen LogP contribution in [-0.4, -0.2) is 34.1 Å². The van der Waals surface area contributed by atoms with Crippen LogP contribution in [0.25, 0.3) is 0 Å². The number of methoxy groups -OCH3 is 1. The predicted octanol–water partition coefficient (Wildman–Crippen LogP) is 2.48. The third-order valence-corrected chi connectivity index (χ3v) is 4.33. The Hall–Kier alpha value is -2.50. The number of urea groups is 1. The van der Waals surface area contributed by atoms with E-state index in [9.17, 15) is 4.79 Å². The molecule has 0 saturated carbocycles. The highest BCUT2D eigenvalue weighted by Crippen LogP contribution is 2.33. The van der Waals surface area contributed by atoms with E-state index in [1.54, 1.807) is 19.6 Å². The molecule has 23 heavy (non-hydrogen) atoms. The second-order valence-electron chi connectivity index (χ2n) is 5.78. The number of nitrogens with zero attached hydrogens (tertiary/aromatic N) is 3. The zero-order chi connectivity index (χ0) is 16.2. The molecule has 1 aliphatic rings. The number of amides is 2. The fourth-order valence-electron chi connectivity index (χ4n) is 3.03. The van der Waals surface area contributed by atoms with Crippen LogP contribution >= 0.6 is 0 Å². The molecule has 0 radical (unpaired) electrons. The van der Waals surface area contributed by atoms with Gasteiger partial charge >= 0.3 is 6.03 Å². The maximum absolute atomic E-state index is 12.5. The molecule has 1 aliphatic heterocycles. The van der Waals surface area contributed by atoms with Crippen LogP contribution in [-0.2, 0) is 13.6 Å². The van der Waals surface area contributed by atoms with Gasteiger partial charge in [-0.1, -0.05) is 12.1 Å². The van der Waals surface area contributed by atoms with Gasteiger partial charge in [0.25, 0.3) is 0 Å². The Labute approximate surface area is 136 Å². The van der Waals surface area contributed by atoms with Crippen molar-refractivity contribution in [3.8, 4) is 5.75 Å². The highest BCUT2D eigenvalue weighted by atomic mass is 16.5. The zero-order valence-corrected chi connectivity index (χ0v) is 13.5. The molecular weight excluding hydrogens is 292 g/mol. The Morgan fingerprint density at radius 3 is 3.09 bits per heavy atom. The minimum absolute atomic E-state index is 0.0310. The predicted molar refractivity (Wildman–Crippen MR) is 87.1 cm³/mol. The third-order valence-electron chi connectivity index (χ3n) is 4.33. The minimum atomic E-state index is -0.0310. The van der Waals surface area contributed by atoms with Gasteiger partial charge in [-0.15, -0.1) is 0 Å². The van der Waals surface area contributed by atoms with Gasteiger partial charge in [-0.2, -0.15) is 0 Å². The average Bonchev–Trinajstić information content (AvgIpc) is 3.21. The molecule has 0 aliphatic carbocycles. The lowest BCUT2D eigenvalue weighted by Crippen LogP contribution is -2.39. The second-order valence-corrected chi connectivity index (χ2v) is 5.78. The Kier molecular flexibility index (Phi) is 4.50. The average molecular weight is 314 g/mol. The van der Waals surface area contributed by atoms with E-state index >= 15 is 0 Å². The quantitative estimate of drug-likeness (QED) is 0.943. The van der Waals surface area contributed by atoms with Crippen molar-refractivity contribution in [1.82, 2.24) is 19.8 Å². The molecule has 2 heterocycles. The molecule has 1 unspecified atom stereocenters. The number of imidazole rings is 1. The molecule has 1 atom stereocenters. The maximum Gasteiger partial charge on any atom is 0.318 e. The minimum Gasteiger partial charge on any atom is -0.497 e. The standard InChI is InChI=1S/C17H22N4O2/c1-20-12-18-10-14(20)11-19-17(22)21-8-4-7-16(21)13-5-3-6-15(9-13)23-2/h3,5-6,9-10,12,16H,4,7-8,11H2,1-2H3,(H,19,22). The van der Waals surface area contributed by atoms with Crippen LogP contribution in [0.2, 0.25) is 0 Å². The Morgan fingerprint density at radius 1 is 1.48 bits per heavy atom. The highest BCUT2D eigenvalue weighted by Gasteiger charge is 2.30. The number of hydrogen-bond acceptors (Lipinski definition) is 3. The largest absolute Gasteiger partial charge is 0.497 e. The van der Waals surface area contributed by atoms with E-state index in [2.05, 4.69) is 16.4 Å². The van der Waals surface area contributed by atoms with Crippen LogP contribution in [0.1, 0.15) is 30.1 Å². The number of nitrogens with one attached hydrogen (secondary N) is 1. The molecule has 2 aromatic rings. The van der Waals surface area contributed by atoms with Crippen LogP contribution in [0.15, 0.2) is 36.8 Å². The molecule has 0 spiro atoms. The SMILES string of the molecule is COc1cccc(C2CCCN2C(=O)NCc2cncn2C)c1. The summed E-state index contributed by atoms with van der Waals surface area (Å²) in [5.41, 5.74) is 2.10. The molecule has 1 aromatic heterocycles. The Morgan fingerprint density at radius 2 is 2.35 bits per heavy atom. The summed E-state index contributed by atoms with van der Waals surface area (Å²) >= 11 is 0. The summed E-state index contributed by atoms with van der Waals surface area (Å²) in [7, 11) is 3.58. The summed E-state index contributed by atoms with van der Waals surface area (Å²) in [6, 6.07) is 8.04. The molecule has 1 N–H and O–H groups in total. The maximum atomic E-state index is 12.5. The molecule has 0 bridgehead atoms. The van der Waals surface area contributed by atoms with Gasteiger partial charge in [0, 0.05) is 19.8 Å². The van der Waals surface area contributed by atoms with E-state index in [0.29, 0.717) is 6.54 Å². The van der Waals surface area contributed by atoms with Crippen molar-refractivity contribution in [1.29, 1.82) is 0 Å². The number of carbonyl (C=O) groups excluding carboxylic acids is 1. The molecule has 2 amide bonds. The number of benzene rings is 1. The van der Waals surface area contributed by atoms with E-state index in [4.69, 9.17) is 4.74 Å². The Bertz CT molecular complexity index is 683. The summed E-state index contributed by atoms with van der Waals surface area (Å²) in [5.74, 6) is 0.824. The molecule has 6 nitrogen and oxygen atoms in total. The normalized spacial score (nSPS) is 17.3. The van der Waals surface area contributed by atoms with Crippen LogP contribution in [0, 0.1) is 0 Å². The molecule has 3 rings (SSSR count). The first-order valence-corrected chi connectivity index (χ1v) is 7.82. The van der Waals surface area contributed by atoms with Crippen LogP contribution in [0.4, 0.5) is 4.79 Å². The van der Waals surface area contributed by atoms with Crippen LogP contribution < -0.4 is 10.1 Å². The van der Waals surface area contributed by atoms with Crippen molar-refractivity contribution in [2.45, 2.75) is 25.4 Å². The van der Waals surface area contributed by atoms with Crippen molar-refractivity contribution in [3.63, 3.8) is 0 Å². The summed E-state index contributed by atoms with van der Waals surface area (Å²) in [6.07, 6.45) is 5.49. The third kappa shape index (κ3) is 3.31. The molecular formula is C17H22N4O2. The van der Waals surface area contributed by atoms with E-state index < -0.39 is 0 Å². The van der Waals surface area contributed by atoms with E-state index in [0.717, 1.165) is 36.4 Å². The van der Waals surface area contributed by atoms with Gasteiger partial charge in [-0.05, 0) is 30.5 Å². The molecule has 1 fully saturated rings. The molecule has 1 aromatic carbocycles. The molecule has 6 heteroatoms. The Balaban J connectivity index is 1.68. The summed E-state index contributed by atoms with van der Waals surface area (Å²) in [5, 5.41) is 2.99. The van der Waals surface area contributed by atoms with Crippen LogP contribution in [0.3, 0.4) is 0 Å². The second kappa shape index (κ2) is 6.73.